The molecular formula is C22H17F3N2O2S. The number of benzene rings is 3. The molecule has 0 fully saturated rings. The minimum absolute atomic E-state index is 0.140. The van der Waals surface area contributed by atoms with Crippen LogP contribution in [0.1, 0.15) is 16.7 Å². The van der Waals surface area contributed by atoms with E-state index in [1.807, 2.05) is 0 Å². The van der Waals surface area contributed by atoms with Crippen LogP contribution in [0.3, 0.4) is 0 Å². The van der Waals surface area contributed by atoms with Gasteiger partial charge in [-0.1, -0.05) is 12.1 Å². The number of anilines is 2. The Kier molecular flexibility index (Phi) is 5.11. The van der Waals surface area contributed by atoms with Crippen molar-refractivity contribution in [3.8, 4) is 5.75 Å². The van der Waals surface area contributed by atoms with Gasteiger partial charge in [-0.25, -0.2) is 22.3 Å². The van der Waals surface area contributed by atoms with E-state index in [1.165, 1.54) is 21.2 Å². The lowest BCUT2D eigenvalue weighted by atomic mass is 10.1. The molecule has 154 valence electrons. The van der Waals surface area contributed by atoms with Crippen molar-refractivity contribution >= 4 is 29.4 Å². The topological polar surface area (TPSA) is 43.8 Å². The molecular weight excluding hydrogens is 413 g/mol. The smallest absolute Gasteiger partial charge is 0.339 e. The Labute approximate surface area is 175 Å². The average Bonchev–Trinajstić information content (AvgIpc) is 2.69. The van der Waals surface area contributed by atoms with Crippen molar-refractivity contribution in [3.63, 3.8) is 0 Å². The SMILES string of the molecule is Cc1cc(N2Sc3ccccc3N(Cc3c(F)cc(F)cc3F)C2=O)cc(C)c1O. The van der Waals surface area contributed by atoms with Gasteiger partial charge in [-0.3, -0.25) is 4.90 Å². The summed E-state index contributed by atoms with van der Waals surface area (Å²) in [7, 11) is 0. The number of phenolic OH excluding ortho intramolecular Hbond substituents is 1. The number of nitrogens with zero attached hydrogens (tertiary/aromatic N) is 2. The minimum Gasteiger partial charge on any atom is -0.507 e. The molecule has 1 aliphatic heterocycles. The van der Waals surface area contributed by atoms with Crippen LogP contribution in [0.25, 0.3) is 0 Å². The highest BCUT2D eigenvalue weighted by atomic mass is 32.2. The average molecular weight is 430 g/mol. The maximum atomic E-state index is 14.3. The van der Waals surface area contributed by atoms with E-state index < -0.39 is 35.6 Å². The molecule has 0 saturated heterocycles. The molecule has 0 aromatic heterocycles. The first-order valence-electron chi connectivity index (χ1n) is 9.08. The van der Waals surface area contributed by atoms with E-state index in [-0.39, 0.29) is 5.75 Å². The summed E-state index contributed by atoms with van der Waals surface area (Å²) in [4.78, 5) is 15.3. The first-order chi connectivity index (χ1) is 14.3. The monoisotopic (exact) mass is 430 g/mol. The molecule has 3 aromatic rings. The quantitative estimate of drug-likeness (QED) is 0.512. The van der Waals surface area contributed by atoms with Crippen molar-refractivity contribution in [1.29, 1.82) is 0 Å². The summed E-state index contributed by atoms with van der Waals surface area (Å²) in [5.74, 6) is -3.00. The van der Waals surface area contributed by atoms with Crippen molar-refractivity contribution in [2.24, 2.45) is 0 Å². The molecule has 30 heavy (non-hydrogen) atoms. The number of carbonyl (C=O) groups is 1. The second kappa shape index (κ2) is 7.60. The summed E-state index contributed by atoms with van der Waals surface area (Å²) in [5.41, 5.74) is 1.82. The third-order valence-electron chi connectivity index (χ3n) is 4.88. The van der Waals surface area contributed by atoms with Crippen LogP contribution in [-0.4, -0.2) is 11.1 Å². The predicted octanol–water partition coefficient (Wildman–Crippen LogP) is 6.08. The van der Waals surface area contributed by atoms with Crippen LogP contribution in [0.2, 0.25) is 0 Å². The Bertz CT molecular complexity index is 1120. The highest BCUT2D eigenvalue weighted by Crippen LogP contribution is 2.43. The summed E-state index contributed by atoms with van der Waals surface area (Å²) in [6.45, 7) is 3.04. The molecule has 0 aliphatic carbocycles. The molecule has 4 rings (SSSR count). The Morgan fingerprint density at radius 2 is 1.57 bits per heavy atom. The number of rotatable bonds is 3. The molecule has 0 atom stereocenters. The van der Waals surface area contributed by atoms with E-state index in [4.69, 9.17) is 0 Å². The van der Waals surface area contributed by atoms with Crippen molar-refractivity contribution in [2.45, 2.75) is 25.3 Å². The van der Waals surface area contributed by atoms with Crippen LogP contribution < -0.4 is 9.21 Å². The molecule has 0 saturated carbocycles. The van der Waals surface area contributed by atoms with E-state index in [1.54, 1.807) is 50.2 Å². The molecule has 3 aromatic carbocycles. The number of carbonyl (C=O) groups excluding carboxylic acids is 1. The highest BCUT2D eigenvalue weighted by molar-refractivity contribution is 8.01. The molecule has 1 aliphatic rings. The summed E-state index contributed by atoms with van der Waals surface area (Å²) in [5, 5.41) is 10.0. The molecule has 1 heterocycles. The molecule has 0 bridgehead atoms. The van der Waals surface area contributed by atoms with E-state index in [0.717, 1.165) is 0 Å². The van der Waals surface area contributed by atoms with Crippen molar-refractivity contribution < 1.29 is 23.1 Å². The number of amides is 2. The number of urea groups is 1. The Morgan fingerprint density at radius 3 is 2.20 bits per heavy atom. The van der Waals surface area contributed by atoms with Gasteiger partial charge in [0.05, 0.1) is 22.8 Å². The van der Waals surface area contributed by atoms with E-state index in [0.29, 0.717) is 39.5 Å². The number of aryl methyl sites for hydroxylation is 2. The standard InChI is InChI=1S/C22H17F3N2O2S/c1-12-7-15(8-13(2)21(12)28)27-22(29)26(19-5-3-4-6-20(19)30-27)11-16-17(24)9-14(23)10-18(16)25/h3-10,28H,11H2,1-2H3. The molecule has 2 amide bonds. The number of halogens is 3. The van der Waals surface area contributed by atoms with Crippen LogP contribution in [-0.2, 0) is 6.54 Å². The van der Waals surface area contributed by atoms with E-state index in [9.17, 15) is 23.1 Å². The largest absolute Gasteiger partial charge is 0.507 e. The maximum absolute atomic E-state index is 14.3. The Hall–Kier alpha value is -3.13. The fraction of sp³-hybridized carbons (Fsp3) is 0.136. The second-order valence-electron chi connectivity index (χ2n) is 7.00. The van der Waals surface area contributed by atoms with Gasteiger partial charge in [0.1, 0.15) is 23.2 Å². The first kappa shape index (κ1) is 20.2. The van der Waals surface area contributed by atoms with Crippen LogP contribution in [0.15, 0.2) is 53.4 Å². The number of para-hydroxylation sites is 1. The van der Waals surface area contributed by atoms with Crippen LogP contribution >= 0.6 is 11.9 Å². The Morgan fingerprint density at radius 1 is 0.967 bits per heavy atom. The van der Waals surface area contributed by atoms with Gasteiger partial charge in [-0.2, -0.15) is 0 Å². The lowest BCUT2D eigenvalue weighted by molar-refractivity contribution is 0.254. The van der Waals surface area contributed by atoms with Crippen molar-refractivity contribution in [3.05, 3.63) is 82.7 Å². The first-order valence-corrected chi connectivity index (χ1v) is 9.86. The van der Waals surface area contributed by atoms with E-state index in [2.05, 4.69) is 0 Å². The third kappa shape index (κ3) is 3.47. The zero-order chi connectivity index (χ0) is 21.6. The number of hydrogen-bond donors (Lipinski definition) is 1. The van der Waals surface area contributed by atoms with Crippen LogP contribution in [0.5, 0.6) is 5.75 Å². The van der Waals surface area contributed by atoms with Gasteiger partial charge >= 0.3 is 6.03 Å². The highest BCUT2D eigenvalue weighted by Gasteiger charge is 2.34. The maximum Gasteiger partial charge on any atom is 0.339 e. The van der Waals surface area contributed by atoms with Crippen molar-refractivity contribution in [1.82, 2.24) is 0 Å². The predicted molar refractivity (Wildman–Crippen MR) is 110 cm³/mol. The second-order valence-corrected chi connectivity index (χ2v) is 7.99. The zero-order valence-corrected chi connectivity index (χ0v) is 16.9. The number of aromatic hydroxyl groups is 1. The van der Waals surface area contributed by atoms with Gasteiger partial charge in [0.25, 0.3) is 0 Å². The van der Waals surface area contributed by atoms with Gasteiger partial charge in [0.2, 0.25) is 0 Å². The van der Waals surface area contributed by atoms with Gasteiger partial charge in [0, 0.05) is 17.7 Å². The molecule has 0 radical (unpaired) electrons. The van der Waals surface area contributed by atoms with Gasteiger partial charge < -0.3 is 5.11 Å². The zero-order valence-electron chi connectivity index (χ0n) is 16.1. The lowest BCUT2D eigenvalue weighted by Gasteiger charge is -2.36. The third-order valence-corrected chi connectivity index (χ3v) is 5.97. The molecule has 1 N–H and O–H groups in total. The normalized spacial score (nSPS) is 13.6. The van der Waals surface area contributed by atoms with Crippen molar-refractivity contribution in [2.75, 3.05) is 9.21 Å². The van der Waals surface area contributed by atoms with Crippen LogP contribution in [0, 0.1) is 31.3 Å². The summed E-state index contributed by atoms with van der Waals surface area (Å²) >= 11 is 1.18. The molecule has 0 unspecified atom stereocenters. The number of phenols is 1. The number of fused-ring (bicyclic) bond motifs is 1. The molecule has 4 nitrogen and oxygen atoms in total. The van der Waals surface area contributed by atoms with Gasteiger partial charge in [-0.15, -0.1) is 0 Å². The summed E-state index contributed by atoms with van der Waals surface area (Å²) in [6.07, 6.45) is 0. The minimum atomic E-state index is -1.06. The fourth-order valence-corrected chi connectivity index (χ4v) is 4.35. The summed E-state index contributed by atoms with van der Waals surface area (Å²) in [6, 6.07) is 11.0. The van der Waals surface area contributed by atoms with Crippen LogP contribution in [0.4, 0.5) is 29.3 Å². The number of hydrogen-bond acceptors (Lipinski definition) is 3. The van der Waals surface area contributed by atoms with Gasteiger partial charge in [-0.05, 0) is 61.2 Å². The molecule has 8 heteroatoms. The fourth-order valence-electron chi connectivity index (χ4n) is 3.35. The Balaban J connectivity index is 1.79. The summed E-state index contributed by atoms with van der Waals surface area (Å²) < 4.78 is 43.3. The molecule has 0 spiro atoms. The van der Waals surface area contributed by atoms with Gasteiger partial charge in [0.15, 0.2) is 0 Å². The lowest BCUT2D eigenvalue weighted by Crippen LogP contribution is -2.43. The van der Waals surface area contributed by atoms with E-state index >= 15 is 0 Å².